The molecule has 1 saturated heterocycles. The molecule has 0 aromatic rings. The SMILES string of the molecule is CCC1CC(C(=O)OC2(CC)CCCCC2)C(CC)O1. The first-order chi connectivity index (χ1) is 9.64. The zero-order chi connectivity index (χ0) is 14.6. The summed E-state index contributed by atoms with van der Waals surface area (Å²) in [5.74, 6) is -0.0492. The highest BCUT2D eigenvalue weighted by molar-refractivity contribution is 5.74. The van der Waals surface area contributed by atoms with Crippen LogP contribution in [0.5, 0.6) is 0 Å². The van der Waals surface area contributed by atoms with Crippen molar-refractivity contribution in [3.63, 3.8) is 0 Å². The molecule has 0 amide bonds. The molecule has 0 radical (unpaired) electrons. The van der Waals surface area contributed by atoms with Crippen LogP contribution in [0.3, 0.4) is 0 Å². The Morgan fingerprint density at radius 2 is 1.85 bits per heavy atom. The highest BCUT2D eigenvalue weighted by Crippen LogP contribution is 2.38. The summed E-state index contributed by atoms with van der Waals surface area (Å²) >= 11 is 0. The standard InChI is InChI=1S/C17H30O3/c1-4-13-12-14(15(5-2)19-13)16(18)20-17(6-3)10-8-7-9-11-17/h13-15H,4-12H2,1-3H3. The smallest absolute Gasteiger partial charge is 0.312 e. The van der Waals surface area contributed by atoms with Crippen molar-refractivity contribution in [3.05, 3.63) is 0 Å². The van der Waals surface area contributed by atoms with Crippen LogP contribution >= 0.6 is 0 Å². The van der Waals surface area contributed by atoms with Gasteiger partial charge in [-0.1, -0.05) is 27.2 Å². The Morgan fingerprint density at radius 3 is 2.40 bits per heavy atom. The molecule has 3 heteroatoms. The average molecular weight is 282 g/mol. The van der Waals surface area contributed by atoms with Crippen LogP contribution in [-0.4, -0.2) is 23.8 Å². The van der Waals surface area contributed by atoms with Gasteiger partial charge in [0.1, 0.15) is 5.60 Å². The van der Waals surface area contributed by atoms with Gasteiger partial charge < -0.3 is 9.47 Å². The molecule has 2 fully saturated rings. The predicted molar refractivity (Wildman–Crippen MR) is 79.5 cm³/mol. The van der Waals surface area contributed by atoms with E-state index < -0.39 is 0 Å². The molecule has 0 aromatic carbocycles. The molecule has 0 bridgehead atoms. The molecule has 3 unspecified atom stereocenters. The highest BCUT2D eigenvalue weighted by Gasteiger charge is 2.42. The lowest BCUT2D eigenvalue weighted by Crippen LogP contribution is -2.40. The van der Waals surface area contributed by atoms with Crippen molar-refractivity contribution >= 4 is 5.97 Å². The third-order valence-corrected chi connectivity index (χ3v) is 5.22. The molecule has 0 aromatic heterocycles. The van der Waals surface area contributed by atoms with Crippen molar-refractivity contribution in [2.45, 2.75) is 96.4 Å². The quantitative estimate of drug-likeness (QED) is 0.708. The third-order valence-electron chi connectivity index (χ3n) is 5.22. The first-order valence-electron chi connectivity index (χ1n) is 8.52. The second-order valence-electron chi connectivity index (χ2n) is 6.47. The molecule has 2 rings (SSSR count). The molecule has 0 N–H and O–H groups in total. The molecule has 1 aliphatic heterocycles. The molecule has 1 aliphatic carbocycles. The van der Waals surface area contributed by atoms with Crippen LogP contribution in [0.1, 0.15) is 78.6 Å². The molecular weight excluding hydrogens is 252 g/mol. The number of rotatable bonds is 5. The van der Waals surface area contributed by atoms with E-state index in [2.05, 4.69) is 20.8 Å². The predicted octanol–water partition coefficient (Wildman–Crippen LogP) is 4.24. The first-order valence-corrected chi connectivity index (χ1v) is 8.52. The summed E-state index contributed by atoms with van der Waals surface area (Å²) in [7, 11) is 0. The average Bonchev–Trinajstić information content (AvgIpc) is 2.91. The Bertz CT molecular complexity index is 320. The van der Waals surface area contributed by atoms with Crippen LogP contribution in [0.25, 0.3) is 0 Å². The third kappa shape index (κ3) is 3.36. The van der Waals surface area contributed by atoms with E-state index in [1.165, 1.54) is 19.3 Å². The maximum Gasteiger partial charge on any atom is 0.312 e. The van der Waals surface area contributed by atoms with Gasteiger partial charge in [0.25, 0.3) is 0 Å². The minimum Gasteiger partial charge on any atom is -0.459 e. The van der Waals surface area contributed by atoms with Crippen molar-refractivity contribution in [1.29, 1.82) is 0 Å². The molecule has 1 saturated carbocycles. The van der Waals surface area contributed by atoms with E-state index in [4.69, 9.17) is 9.47 Å². The molecule has 20 heavy (non-hydrogen) atoms. The number of carbonyl (C=O) groups excluding carboxylic acids is 1. The lowest BCUT2D eigenvalue weighted by molar-refractivity contribution is -0.171. The van der Waals surface area contributed by atoms with Gasteiger partial charge in [-0.25, -0.2) is 0 Å². The van der Waals surface area contributed by atoms with Gasteiger partial charge in [0.15, 0.2) is 0 Å². The number of carbonyl (C=O) groups is 1. The normalized spacial score (nSPS) is 33.0. The first kappa shape index (κ1) is 15.8. The summed E-state index contributed by atoms with van der Waals surface area (Å²) in [5, 5.41) is 0. The van der Waals surface area contributed by atoms with Crippen LogP contribution in [0, 0.1) is 5.92 Å². The van der Waals surface area contributed by atoms with Crippen molar-refractivity contribution < 1.29 is 14.3 Å². The second kappa shape index (κ2) is 6.93. The van der Waals surface area contributed by atoms with Gasteiger partial charge in [0, 0.05) is 0 Å². The lowest BCUT2D eigenvalue weighted by atomic mass is 9.82. The highest BCUT2D eigenvalue weighted by atomic mass is 16.6. The van der Waals surface area contributed by atoms with Gasteiger partial charge in [0.05, 0.1) is 18.1 Å². The van der Waals surface area contributed by atoms with E-state index in [9.17, 15) is 4.79 Å². The van der Waals surface area contributed by atoms with Gasteiger partial charge in [-0.05, 0) is 51.4 Å². The maximum absolute atomic E-state index is 12.6. The van der Waals surface area contributed by atoms with Gasteiger partial charge in [-0.2, -0.15) is 0 Å². The number of hydrogen-bond acceptors (Lipinski definition) is 3. The number of ether oxygens (including phenoxy) is 2. The van der Waals surface area contributed by atoms with E-state index >= 15 is 0 Å². The van der Waals surface area contributed by atoms with E-state index in [0.29, 0.717) is 0 Å². The summed E-state index contributed by atoms with van der Waals surface area (Å²) in [6.45, 7) is 6.37. The summed E-state index contributed by atoms with van der Waals surface area (Å²) in [6, 6.07) is 0. The molecule has 1 heterocycles. The summed E-state index contributed by atoms with van der Waals surface area (Å²) in [4.78, 5) is 12.6. The Hall–Kier alpha value is -0.570. The fourth-order valence-corrected chi connectivity index (χ4v) is 3.74. The van der Waals surface area contributed by atoms with E-state index in [0.717, 1.165) is 38.5 Å². The minimum absolute atomic E-state index is 0.00319. The Labute approximate surface area is 123 Å². The molecule has 2 aliphatic rings. The number of hydrogen-bond donors (Lipinski definition) is 0. The van der Waals surface area contributed by atoms with Crippen LogP contribution < -0.4 is 0 Å². The minimum atomic E-state index is -0.183. The lowest BCUT2D eigenvalue weighted by Gasteiger charge is -2.37. The fraction of sp³-hybridized carbons (Fsp3) is 0.941. The van der Waals surface area contributed by atoms with E-state index in [1.54, 1.807) is 0 Å². The van der Waals surface area contributed by atoms with Crippen LogP contribution in [0.2, 0.25) is 0 Å². The summed E-state index contributed by atoms with van der Waals surface area (Å²) in [5.41, 5.74) is -0.183. The van der Waals surface area contributed by atoms with Crippen molar-refractivity contribution in [2.24, 2.45) is 5.92 Å². The van der Waals surface area contributed by atoms with Gasteiger partial charge in [0.2, 0.25) is 0 Å². The Kier molecular flexibility index (Phi) is 5.48. The Morgan fingerprint density at radius 1 is 1.15 bits per heavy atom. The zero-order valence-corrected chi connectivity index (χ0v) is 13.3. The number of esters is 1. The topological polar surface area (TPSA) is 35.5 Å². The molecule has 3 atom stereocenters. The van der Waals surface area contributed by atoms with Gasteiger partial charge in [-0.15, -0.1) is 0 Å². The largest absolute Gasteiger partial charge is 0.459 e. The van der Waals surface area contributed by atoms with Crippen molar-refractivity contribution in [1.82, 2.24) is 0 Å². The molecule has 3 nitrogen and oxygen atoms in total. The van der Waals surface area contributed by atoms with E-state index in [-0.39, 0.29) is 29.7 Å². The zero-order valence-electron chi connectivity index (χ0n) is 13.3. The molecule has 116 valence electrons. The van der Waals surface area contributed by atoms with Crippen LogP contribution in [0.4, 0.5) is 0 Å². The maximum atomic E-state index is 12.6. The van der Waals surface area contributed by atoms with Crippen molar-refractivity contribution in [3.8, 4) is 0 Å². The fourth-order valence-electron chi connectivity index (χ4n) is 3.74. The monoisotopic (exact) mass is 282 g/mol. The van der Waals surface area contributed by atoms with Gasteiger partial charge >= 0.3 is 5.97 Å². The molecular formula is C17H30O3. The Balaban J connectivity index is 1.99. The van der Waals surface area contributed by atoms with Gasteiger partial charge in [-0.3, -0.25) is 4.79 Å². The molecule has 0 spiro atoms. The summed E-state index contributed by atoms with van der Waals surface area (Å²) in [6.07, 6.45) is 9.71. The second-order valence-corrected chi connectivity index (χ2v) is 6.47. The van der Waals surface area contributed by atoms with Crippen LogP contribution in [-0.2, 0) is 14.3 Å². The van der Waals surface area contributed by atoms with Crippen molar-refractivity contribution in [2.75, 3.05) is 0 Å². The summed E-state index contributed by atoms with van der Waals surface area (Å²) < 4.78 is 12.0. The van der Waals surface area contributed by atoms with Crippen LogP contribution in [0.15, 0.2) is 0 Å². The van der Waals surface area contributed by atoms with E-state index in [1.807, 2.05) is 0 Å².